The molecular formula is C29H58N2. The fourth-order valence-corrected chi connectivity index (χ4v) is 4.99. The molecule has 1 atom stereocenters. The molecule has 0 aliphatic carbocycles. The Balaban J connectivity index is 1.93. The van der Waals surface area contributed by atoms with Crippen molar-refractivity contribution in [2.75, 3.05) is 13.6 Å². The highest BCUT2D eigenvalue weighted by Gasteiger charge is 2.22. The predicted molar refractivity (Wildman–Crippen MR) is 140 cm³/mol. The van der Waals surface area contributed by atoms with Crippen LogP contribution in [0.2, 0.25) is 0 Å². The largest absolute Gasteiger partial charge is 0.359 e. The summed E-state index contributed by atoms with van der Waals surface area (Å²) >= 11 is 0. The average Bonchev–Trinajstić information content (AvgIpc) is 3.12. The van der Waals surface area contributed by atoms with E-state index in [4.69, 9.17) is 0 Å². The molecule has 2 nitrogen and oxygen atoms in total. The highest BCUT2D eigenvalue weighted by Crippen LogP contribution is 2.21. The van der Waals surface area contributed by atoms with Crippen LogP contribution in [0.25, 0.3) is 0 Å². The Morgan fingerprint density at radius 3 is 1.32 bits per heavy atom. The van der Waals surface area contributed by atoms with Crippen LogP contribution in [0, 0.1) is 0 Å². The highest BCUT2D eigenvalue weighted by molar-refractivity contribution is 4.95. The molecule has 31 heavy (non-hydrogen) atoms. The van der Waals surface area contributed by atoms with Crippen LogP contribution in [-0.4, -0.2) is 29.6 Å². The molecule has 0 aromatic heterocycles. The lowest BCUT2D eigenvalue weighted by Gasteiger charge is -2.30. The number of rotatable bonds is 23. The number of unbranched alkanes of at least 4 members (excludes halogenated alkanes) is 19. The Morgan fingerprint density at radius 1 is 0.484 bits per heavy atom. The summed E-state index contributed by atoms with van der Waals surface area (Å²) in [6.45, 7) is 5.85. The molecule has 184 valence electrons. The first-order chi connectivity index (χ1) is 15.3. The van der Waals surface area contributed by atoms with E-state index in [0.717, 1.165) is 0 Å². The van der Waals surface area contributed by atoms with Crippen molar-refractivity contribution in [1.29, 1.82) is 0 Å². The van der Waals surface area contributed by atoms with E-state index in [0.29, 0.717) is 6.17 Å². The monoisotopic (exact) mass is 434 g/mol. The first kappa shape index (κ1) is 28.4. The zero-order valence-electron chi connectivity index (χ0n) is 21.9. The quantitative estimate of drug-likeness (QED) is 0.148. The van der Waals surface area contributed by atoms with Gasteiger partial charge in [0.15, 0.2) is 0 Å². The highest BCUT2D eigenvalue weighted by atomic mass is 15.4. The van der Waals surface area contributed by atoms with Gasteiger partial charge >= 0.3 is 0 Å². The molecule has 0 saturated heterocycles. The van der Waals surface area contributed by atoms with E-state index in [1.807, 2.05) is 0 Å². The number of nitrogens with zero attached hydrogens (tertiary/aromatic N) is 2. The van der Waals surface area contributed by atoms with Crippen molar-refractivity contribution in [1.82, 2.24) is 9.80 Å². The van der Waals surface area contributed by atoms with Crippen LogP contribution in [0.4, 0.5) is 0 Å². The fraction of sp³-hybridized carbons (Fsp3) is 0.931. The predicted octanol–water partition coefficient (Wildman–Crippen LogP) is 9.65. The van der Waals surface area contributed by atoms with E-state index in [2.05, 4.69) is 43.1 Å². The second kappa shape index (κ2) is 21.2. The van der Waals surface area contributed by atoms with Crippen molar-refractivity contribution in [2.24, 2.45) is 0 Å². The summed E-state index contributed by atoms with van der Waals surface area (Å²) < 4.78 is 0. The second-order valence-corrected chi connectivity index (χ2v) is 10.2. The van der Waals surface area contributed by atoms with E-state index in [-0.39, 0.29) is 0 Å². The SMILES string of the molecule is CCCCCCCCCCCCCCCC1N(C)C=CN1CCCCCCCCCC. The van der Waals surface area contributed by atoms with Crippen LogP contribution in [0.15, 0.2) is 12.4 Å². The Bertz CT molecular complexity index is 392. The molecule has 0 spiro atoms. The summed E-state index contributed by atoms with van der Waals surface area (Å²) in [6.07, 6.45) is 36.7. The fourth-order valence-electron chi connectivity index (χ4n) is 4.99. The summed E-state index contributed by atoms with van der Waals surface area (Å²) in [4.78, 5) is 5.04. The molecule has 1 heterocycles. The van der Waals surface area contributed by atoms with E-state index >= 15 is 0 Å². The Kier molecular flexibility index (Phi) is 19.4. The van der Waals surface area contributed by atoms with Gasteiger partial charge in [-0.3, -0.25) is 0 Å². The van der Waals surface area contributed by atoms with Gasteiger partial charge in [-0.15, -0.1) is 0 Å². The average molecular weight is 435 g/mol. The van der Waals surface area contributed by atoms with Crippen molar-refractivity contribution in [3.8, 4) is 0 Å². The molecule has 1 aliphatic rings. The van der Waals surface area contributed by atoms with Gasteiger partial charge in [-0.05, 0) is 19.3 Å². The van der Waals surface area contributed by atoms with Crippen LogP contribution < -0.4 is 0 Å². The van der Waals surface area contributed by atoms with Crippen molar-refractivity contribution >= 4 is 0 Å². The molecule has 2 heteroatoms. The molecule has 1 rings (SSSR count). The third kappa shape index (κ3) is 15.7. The van der Waals surface area contributed by atoms with Crippen LogP contribution in [0.1, 0.15) is 155 Å². The van der Waals surface area contributed by atoms with E-state index < -0.39 is 0 Å². The molecule has 0 N–H and O–H groups in total. The summed E-state index contributed by atoms with van der Waals surface area (Å²) in [5.74, 6) is 0. The van der Waals surface area contributed by atoms with Gasteiger partial charge in [0.05, 0.1) is 0 Å². The van der Waals surface area contributed by atoms with Crippen LogP contribution in [-0.2, 0) is 0 Å². The number of hydrogen-bond donors (Lipinski definition) is 0. The minimum Gasteiger partial charge on any atom is -0.359 e. The maximum Gasteiger partial charge on any atom is 0.100 e. The Morgan fingerprint density at radius 2 is 0.871 bits per heavy atom. The first-order valence-electron chi connectivity index (χ1n) is 14.5. The smallest absolute Gasteiger partial charge is 0.100 e. The summed E-state index contributed by atoms with van der Waals surface area (Å²) in [5.41, 5.74) is 0. The molecule has 1 unspecified atom stereocenters. The lowest BCUT2D eigenvalue weighted by atomic mass is 10.0. The van der Waals surface area contributed by atoms with Gasteiger partial charge in [-0.2, -0.15) is 0 Å². The Hall–Kier alpha value is -0.660. The van der Waals surface area contributed by atoms with Crippen molar-refractivity contribution < 1.29 is 0 Å². The van der Waals surface area contributed by atoms with E-state index in [1.54, 1.807) is 0 Å². The third-order valence-electron chi connectivity index (χ3n) is 7.18. The van der Waals surface area contributed by atoms with Crippen molar-refractivity contribution in [3.63, 3.8) is 0 Å². The number of hydrogen-bond acceptors (Lipinski definition) is 2. The van der Waals surface area contributed by atoms with Crippen molar-refractivity contribution in [3.05, 3.63) is 12.4 Å². The maximum absolute atomic E-state index is 2.61. The molecular weight excluding hydrogens is 376 g/mol. The molecule has 0 radical (unpaired) electrons. The van der Waals surface area contributed by atoms with Gasteiger partial charge < -0.3 is 9.80 Å². The van der Waals surface area contributed by atoms with E-state index in [9.17, 15) is 0 Å². The van der Waals surface area contributed by atoms with Gasteiger partial charge in [0, 0.05) is 26.0 Å². The van der Waals surface area contributed by atoms with Crippen LogP contribution >= 0.6 is 0 Å². The Labute approximate surface area is 197 Å². The van der Waals surface area contributed by atoms with Gasteiger partial charge in [-0.25, -0.2) is 0 Å². The molecule has 0 bridgehead atoms. The first-order valence-corrected chi connectivity index (χ1v) is 14.5. The normalized spacial score (nSPS) is 16.0. The molecule has 0 fully saturated rings. The van der Waals surface area contributed by atoms with E-state index in [1.165, 1.54) is 148 Å². The lowest BCUT2D eigenvalue weighted by Crippen LogP contribution is -2.37. The van der Waals surface area contributed by atoms with Gasteiger partial charge in [-0.1, -0.05) is 136 Å². The van der Waals surface area contributed by atoms with Gasteiger partial charge in [0.1, 0.15) is 6.17 Å². The third-order valence-corrected chi connectivity index (χ3v) is 7.18. The zero-order valence-corrected chi connectivity index (χ0v) is 21.9. The van der Waals surface area contributed by atoms with Crippen LogP contribution in [0.3, 0.4) is 0 Å². The molecule has 0 saturated carbocycles. The molecule has 0 amide bonds. The van der Waals surface area contributed by atoms with Crippen molar-refractivity contribution in [2.45, 2.75) is 161 Å². The summed E-state index contributed by atoms with van der Waals surface area (Å²) in [7, 11) is 2.26. The minimum atomic E-state index is 0.622. The maximum atomic E-state index is 2.61. The molecule has 0 aromatic carbocycles. The summed E-state index contributed by atoms with van der Waals surface area (Å²) in [5, 5.41) is 0. The summed E-state index contributed by atoms with van der Waals surface area (Å²) in [6, 6.07) is 0. The minimum absolute atomic E-state index is 0.622. The topological polar surface area (TPSA) is 6.48 Å². The zero-order chi connectivity index (χ0) is 22.4. The standard InChI is InChI=1S/C29H58N2/c1-4-6-8-10-12-14-15-16-17-18-19-21-23-25-29-30(3)27-28-31(29)26-24-22-20-13-11-9-7-5-2/h27-29H,4-26H2,1-3H3. The van der Waals surface area contributed by atoms with Gasteiger partial charge in [0.25, 0.3) is 0 Å². The van der Waals surface area contributed by atoms with Gasteiger partial charge in [0.2, 0.25) is 0 Å². The second-order valence-electron chi connectivity index (χ2n) is 10.2. The molecule has 0 aromatic rings. The van der Waals surface area contributed by atoms with Crippen LogP contribution in [0.5, 0.6) is 0 Å². The lowest BCUT2D eigenvalue weighted by molar-refractivity contribution is 0.159. The molecule has 1 aliphatic heterocycles.